The zero-order valence-electron chi connectivity index (χ0n) is 14.0. The summed E-state index contributed by atoms with van der Waals surface area (Å²) in [6.45, 7) is 6.84. The second-order valence-corrected chi connectivity index (χ2v) is 6.68. The van der Waals surface area contributed by atoms with Crippen molar-refractivity contribution in [1.29, 1.82) is 0 Å². The predicted octanol–water partition coefficient (Wildman–Crippen LogP) is 1.84. The molecule has 0 radical (unpaired) electrons. The van der Waals surface area contributed by atoms with E-state index in [-0.39, 0.29) is 18.0 Å². The van der Waals surface area contributed by atoms with Gasteiger partial charge in [-0.2, -0.15) is 0 Å². The van der Waals surface area contributed by atoms with Crippen molar-refractivity contribution in [3.05, 3.63) is 29.8 Å². The van der Waals surface area contributed by atoms with Gasteiger partial charge in [0.25, 0.3) is 0 Å². The number of nitrogens with two attached hydrogens (primary N) is 1. The average molecular weight is 320 g/mol. The molecular formula is C16H24N4O3. The molecule has 3 N–H and O–H groups in total. The van der Waals surface area contributed by atoms with Gasteiger partial charge in [-0.3, -0.25) is 0 Å². The zero-order chi connectivity index (χ0) is 17.2. The molecule has 1 aliphatic rings. The number of carbonyl (C=O) groups excluding carboxylic acids is 1. The molecule has 1 aromatic rings. The van der Waals surface area contributed by atoms with Gasteiger partial charge in [0.1, 0.15) is 5.60 Å². The molecule has 0 saturated carbocycles. The summed E-state index contributed by atoms with van der Waals surface area (Å²) in [5.74, 6) is 0.0824. The van der Waals surface area contributed by atoms with E-state index in [1.165, 1.54) is 0 Å². The summed E-state index contributed by atoms with van der Waals surface area (Å²) >= 11 is 0. The van der Waals surface area contributed by atoms with E-state index >= 15 is 0 Å². The SMILES string of the molecule is CN(c1ccc(C(N)=NO)cc1)C1CN(C(=O)OC(C)(C)C)C1. The molecular weight excluding hydrogens is 296 g/mol. The first-order valence-electron chi connectivity index (χ1n) is 7.50. The molecule has 23 heavy (non-hydrogen) atoms. The topological polar surface area (TPSA) is 91.4 Å². The molecule has 7 heteroatoms. The second-order valence-electron chi connectivity index (χ2n) is 6.68. The van der Waals surface area contributed by atoms with Crippen molar-refractivity contribution < 1.29 is 14.7 Å². The molecule has 0 unspecified atom stereocenters. The number of ether oxygens (including phenoxy) is 1. The molecule has 1 heterocycles. The summed E-state index contributed by atoms with van der Waals surface area (Å²) in [6, 6.07) is 7.65. The first kappa shape index (κ1) is 16.9. The van der Waals surface area contributed by atoms with Gasteiger partial charge < -0.3 is 25.5 Å². The number of rotatable bonds is 3. The highest BCUT2D eigenvalue weighted by molar-refractivity contribution is 5.97. The number of nitrogens with zero attached hydrogens (tertiary/aromatic N) is 3. The lowest BCUT2D eigenvalue weighted by Crippen LogP contribution is -2.61. The number of carbonyl (C=O) groups is 1. The Balaban J connectivity index is 1.91. The highest BCUT2D eigenvalue weighted by atomic mass is 16.6. The third kappa shape index (κ3) is 4.06. The quantitative estimate of drug-likeness (QED) is 0.384. The van der Waals surface area contributed by atoms with Gasteiger partial charge >= 0.3 is 6.09 Å². The lowest BCUT2D eigenvalue weighted by molar-refractivity contribution is 0.00852. The van der Waals surface area contributed by atoms with E-state index in [2.05, 4.69) is 10.1 Å². The van der Waals surface area contributed by atoms with Crippen LogP contribution >= 0.6 is 0 Å². The summed E-state index contributed by atoms with van der Waals surface area (Å²) in [5, 5.41) is 11.6. The van der Waals surface area contributed by atoms with Gasteiger partial charge in [0, 0.05) is 31.4 Å². The minimum atomic E-state index is -0.474. The van der Waals surface area contributed by atoms with E-state index in [0.29, 0.717) is 18.7 Å². The minimum Gasteiger partial charge on any atom is -0.444 e. The Bertz CT molecular complexity index is 586. The predicted molar refractivity (Wildman–Crippen MR) is 89.0 cm³/mol. The lowest BCUT2D eigenvalue weighted by atomic mass is 10.1. The van der Waals surface area contributed by atoms with Crippen molar-refractivity contribution in [3.8, 4) is 0 Å². The smallest absolute Gasteiger partial charge is 0.410 e. The van der Waals surface area contributed by atoms with E-state index in [1.54, 1.807) is 17.0 Å². The molecule has 0 aromatic heterocycles. The molecule has 1 fully saturated rings. The van der Waals surface area contributed by atoms with E-state index in [9.17, 15) is 4.79 Å². The summed E-state index contributed by atoms with van der Waals surface area (Å²) in [4.78, 5) is 15.7. The third-order valence-electron chi connectivity index (χ3n) is 3.74. The van der Waals surface area contributed by atoms with Crippen molar-refractivity contribution in [2.45, 2.75) is 32.4 Å². The number of amides is 1. The van der Waals surface area contributed by atoms with Gasteiger partial charge in [-0.1, -0.05) is 5.16 Å². The van der Waals surface area contributed by atoms with Crippen LogP contribution in [0.1, 0.15) is 26.3 Å². The fourth-order valence-corrected chi connectivity index (χ4v) is 2.31. The first-order valence-corrected chi connectivity index (χ1v) is 7.50. The highest BCUT2D eigenvalue weighted by Crippen LogP contribution is 2.23. The first-order chi connectivity index (χ1) is 10.7. The van der Waals surface area contributed by atoms with Crippen LogP contribution < -0.4 is 10.6 Å². The van der Waals surface area contributed by atoms with Crippen LogP contribution in [0.3, 0.4) is 0 Å². The largest absolute Gasteiger partial charge is 0.444 e. The van der Waals surface area contributed by atoms with Gasteiger partial charge in [-0.15, -0.1) is 0 Å². The van der Waals surface area contributed by atoms with Crippen LogP contribution in [-0.4, -0.2) is 53.8 Å². The van der Waals surface area contributed by atoms with Crippen LogP contribution in [0.5, 0.6) is 0 Å². The Morgan fingerprint density at radius 3 is 2.39 bits per heavy atom. The molecule has 0 aliphatic carbocycles. The van der Waals surface area contributed by atoms with Gasteiger partial charge in [-0.25, -0.2) is 4.79 Å². The van der Waals surface area contributed by atoms with Crippen LogP contribution in [0.4, 0.5) is 10.5 Å². The van der Waals surface area contributed by atoms with Crippen LogP contribution in [0.2, 0.25) is 0 Å². The monoisotopic (exact) mass is 320 g/mol. The molecule has 0 bridgehead atoms. The van der Waals surface area contributed by atoms with E-state index in [4.69, 9.17) is 15.7 Å². The maximum absolute atomic E-state index is 11.9. The number of likely N-dealkylation sites (N-methyl/N-ethyl adjacent to an activating group) is 1. The van der Waals surface area contributed by atoms with Crippen LogP contribution in [0, 0.1) is 0 Å². The van der Waals surface area contributed by atoms with Crippen molar-refractivity contribution in [1.82, 2.24) is 4.90 Å². The number of oxime groups is 1. The molecule has 1 aliphatic heterocycles. The number of benzene rings is 1. The second kappa shape index (κ2) is 6.36. The van der Waals surface area contributed by atoms with Gasteiger partial charge in [0.15, 0.2) is 5.84 Å². The highest BCUT2D eigenvalue weighted by Gasteiger charge is 2.36. The minimum absolute atomic E-state index is 0.0824. The maximum atomic E-state index is 11.9. The van der Waals surface area contributed by atoms with E-state index in [0.717, 1.165) is 5.69 Å². The molecule has 126 valence electrons. The van der Waals surface area contributed by atoms with Crippen molar-refractivity contribution >= 4 is 17.6 Å². The number of hydrogen-bond acceptors (Lipinski definition) is 5. The number of likely N-dealkylation sites (tertiary alicyclic amines) is 1. The van der Waals surface area contributed by atoms with Crippen molar-refractivity contribution in [2.75, 3.05) is 25.0 Å². The maximum Gasteiger partial charge on any atom is 0.410 e. The fourth-order valence-electron chi connectivity index (χ4n) is 2.31. The number of amidine groups is 1. The lowest BCUT2D eigenvalue weighted by Gasteiger charge is -2.44. The van der Waals surface area contributed by atoms with Crippen LogP contribution in [0.15, 0.2) is 29.4 Å². The standard InChI is InChI=1S/C16H24N4O3/c1-16(2,3)23-15(21)20-9-13(10-20)19(4)12-7-5-11(6-8-12)14(17)18-22/h5-8,13,22H,9-10H2,1-4H3,(H2,17,18). The molecule has 7 nitrogen and oxygen atoms in total. The van der Waals surface area contributed by atoms with E-state index in [1.807, 2.05) is 40.0 Å². The molecule has 2 rings (SSSR count). The Morgan fingerprint density at radius 1 is 1.35 bits per heavy atom. The molecule has 1 amide bonds. The van der Waals surface area contributed by atoms with Crippen molar-refractivity contribution in [2.24, 2.45) is 10.9 Å². The van der Waals surface area contributed by atoms with Crippen LogP contribution in [-0.2, 0) is 4.74 Å². The Morgan fingerprint density at radius 2 is 1.91 bits per heavy atom. The summed E-state index contributed by atoms with van der Waals surface area (Å²) in [5.41, 5.74) is 6.74. The Labute approximate surface area is 136 Å². The Kier molecular flexibility index (Phi) is 4.68. The summed E-state index contributed by atoms with van der Waals surface area (Å²) < 4.78 is 5.35. The Hall–Kier alpha value is -2.44. The third-order valence-corrected chi connectivity index (χ3v) is 3.74. The molecule has 0 atom stereocenters. The van der Waals surface area contributed by atoms with Gasteiger partial charge in [0.2, 0.25) is 0 Å². The molecule has 1 aromatic carbocycles. The van der Waals surface area contributed by atoms with Crippen molar-refractivity contribution in [3.63, 3.8) is 0 Å². The van der Waals surface area contributed by atoms with Gasteiger partial charge in [0.05, 0.1) is 6.04 Å². The zero-order valence-corrected chi connectivity index (χ0v) is 14.0. The average Bonchev–Trinajstić information content (AvgIpc) is 2.43. The molecule has 0 spiro atoms. The fraction of sp³-hybridized carbons (Fsp3) is 0.500. The molecule has 1 saturated heterocycles. The van der Waals surface area contributed by atoms with Crippen LogP contribution in [0.25, 0.3) is 0 Å². The summed E-state index contributed by atoms with van der Waals surface area (Å²) in [7, 11) is 1.98. The number of hydrogen-bond donors (Lipinski definition) is 2. The van der Waals surface area contributed by atoms with E-state index < -0.39 is 5.60 Å². The number of anilines is 1. The summed E-state index contributed by atoms with van der Waals surface area (Å²) in [6.07, 6.45) is -0.274. The normalized spacial score (nSPS) is 16.0. The van der Waals surface area contributed by atoms with Gasteiger partial charge in [-0.05, 0) is 45.0 Å².